The summed E-state index contributed by atoms with van der Waals surface area (Å²) >= 11 is 5.68. The van der Waals surface area contributed by atoms with E-state index in [4.69, 9.17) is 11.6 Å². The lowest BCUT2D eigenvalue weighted by Crippen LogP contribution is -2.08. The number of rotatable bonds is 2. The minimum atomic E-state index is -4.65. The average molecular weight is 268 g/mol. The Labute approximate surface area is 100 Å². The summed E-state index contributed by atoms with van der Waals surface area (Å²) in [7, 11) is 0. The number of nitrogens with zero attached hydrogens (tertiary/aromatic N) is 1. The van der Waals surface area contributed by atoms with Crippen LogP contribution in [0.15, 0.2) is 12.1 Å². The van der Waals surface area contributed by atoms with Crippen LogP contribution in [0, 0.1) is 10.1 Å². The number of halogens is 4. The largest absolute Gasteiger partial charge is 0.416 e. The van der Waals surface area contributed by atoms with Gasteiger partial charge < -0.3 is 0 Å². The number of alkyl halides is 3. The van der Waals surface area contributed by atoms with Gasteiger partial charge in [-0.1, -0.05) is 25.4 Å². The van der Waals surface area contributed by atoms with Gasteiger partial charge in [0.15, 0.2) is 0 Å². The van der Waals surface area contributed by atoms with Gasteiger partial charge in [-0.2, -0.15) is 13.2 Å². The highest BCUT2D eigenvalue weighted by Crippen LogP contribution is 2.39. The van der Waals surface area contributed by atoms with Crippen molar-refractivity contribution in [3.8, 4) is 0 Å². The molecule has 0 heterocycles. The van der Waals surface area contributed by atoms with E-state index in [0.717, 1.165) is 0 Å². The van der Waals surface area contributed by atoms with Crippen molar-refractivity contribution in [3.05, 3.63) is 38.4 Å². The van der Waals surface area contributed by atoms with Crippen molar-refractivity contribution >= 4 is 17.3 Å². The van der Waals surface area contributed by atoms with Crippen molar-refractivity contribution in [2.24, 2.45) is 0 Å². The second kappa shape index (κ2) is 4.52. The zero-order chi connectivity index (χ0) is 13.4. The molecule has 7 heteroatoms. The summed E-state index contributed by atoms with van der Waals surface area (Å²) in [4.78, 5) is 9.89. The van der Waals surface area contributed by atoms with Crippen LogP contribution in [0.3, 0.4) is 0 Å². The Bertz CT molecular complexity index is 458. The van der Waals surface area contributed by atoms with Crippen molar-refractivity contribution in [2.45, 2.75) is 25.9 Å². The Kier molecular flexibility index (Phi) is 3.66. The van der Waals surface area contributed by atoms with Crippen LogP contribution < -0.4 is 0 Å². The molecule has 1 rings (SSSR count). The minimum Gasteiger partial charge on any atom is -0.258 e. The number of hydrogen-bond acceptors (Lipinski definition) is 2. The van der Waals surface area contributed by atoms with E-state index in [9.17, 15) is 23.3 Å². The van der Waals surface area contributed by atoms with E-state index in [1.807, 2.05) is 0 Å². The molecule has 0 aliphatic rings. The van der Waals surface area contributed by atoms with E-state index in [-0.39, 0.29) is 16.5 Å². The van der Waals surface area contributed by atoms with Gasteiger partial charge in [0.05, 0.1) is 21.1 Å². The quantitative estimate of drug-likeness (QED) is 0.589. The second-order valence-corrected chi connectivity index (χ2v) is 4.21. The fraction of sp³-hybridized carbons (Fsp3) is 0.400. The van der Waals surface area contributed by atoms with Crippen molar-refractivity contribution < 1.29 is 18.1 Å². The first-order chi connectivity index (χ1) is 7.64. The lowest BCUT2D eigenvalue weighted by Gasteiger charge is -2.12. The summed E-state index contributed by atoms with van der Waals surface area (Å²) in [6.07, 6.45) is -4.65. The van der Waals surface area contributed by atoms with Crippen LogP contribution in [-0.2, 0) is 6.18 Å². The summed E-state index contributed by atoms with van der Waals surface area (Å²) in [6, 6.07) is 1.23. The average Bonchev–Trinajstić information content (AvgIpc) is 2.13. The van der Waals surface area contributed by atoms with Crippen molar-refractivity contribution in [1.82, 2.24) is 0 Å². The molecular formula is C10H9ClF3NO2. The van der Waals surface area contributed by atoms with Crippen molar-refractivity contribution in [2.75, 3.05) is 0 Å². The lowest BCUT2D eigenvalue weighted by molar-refractivity contribution is -0.385. The molecule has 94 valence electrons. The highest BCUT2D eigenvalue weighted by molar-refractivity contribution is 6.31. The fourth-order valence-electron chi connectivity index (χ4n) is 1.49. The molecule has 0 unspecified atom stereocenters. The zero-order valence-corrected chi connectivity index (χ0v) is 9.76. The molecule has 0 amide bonds. The van der Waals surface area contributed by atoms with Crippen molar-refractivity contribution in [1.29, 1.82) is 0 Å². The van der Waals surface area contributed by atoms with E-state index in [1.165, 1.54) is 0 Å². The molecule has 0 N–H and O–H groups in total. The number of benzene rings is 1. The Morgan fingerprint density at radius 3 is 2.24 bits per heavy atom. The first kappa shape index (κ1) is 13.8. The van der Waals surface area contributed by atoms with Gasteiger partial charge >= 0.3 is 6.18 Å². The molecular weight excluding hydrogens is 259 g/mol. The molecule has 1 aromatic carbocycles. The summed E-state index contributed by atoms with van der Waals surface area (Å²) in [5, 5.41) is 10.5. The van der Waals surface area contributed by atoms with Crippen LogP contribution in [0.25, 0.3) is 0 Å². The molecule has 0 spiro atoms. The third kappa shape index (κ3) is 2.88. The van der Waals surface area contributed by atoms with Gasteiger partial charge in [0.1, 0.15) is 0 Å². The maximum atomic E-state index is 12.5. The zero-order valence-electron chi connectivity index (χ0n) is 9.01. The van der Waals surface area contributed by atoms with E-state index in [1.54, 1.807) is 13.8 Å². The molecule has 0 fully saturated rings. The normalized spacial score (nSPS) is 11.9. The maximum Gasteiger partial charge on any atom is 0.416 e. The number of nitro groups is 1. The molecule has 0 aromatic heterocycles. The molecule has 0 aliphatic carbocycles. The van der Waals surface area contributed by atoms with Gasteiger partial charge in [-0.25, -0.2) is 0 Å². The first-order valence-electron chi connectivity index (χ1n) is 4.69. The van der Waals surface area contributed by atoms with Gasteiger partial charge in [-0.05, 0) is 12.0 Å². The molecule has 0 saturated heterocycles. The molecule has 0 saturated carbocycles. The monoisotopic (exact) mass is 267 g/mol. The fourth-order valence-corrected chi connectivity index (χ4v) is 1.92. The summed E-state index contributed by atoms with van der Waals surface area (Å²) < 4.78 is 37.4. The molecule has 1 aromatic rings. The predicted octanol–water partition coefficient (Wildman–Crippen LogP) is 4.39. The smallest absolute Gasteiger partial charge is 0.258 e. The van der Waals surface area contributed by atoms with Crippen LogP contribution in [-0.4, -0.2) is 4.92 Å². The third-order valence-electron chi connectivity index (χ3n) is 2.21. The Hall–Kier alpha value is -1.30. The van der Waals surface area contributed by atoms with Gasteiger partial charge in [-0.3, -0.25) is 10.1 Å². The van der Waals surface area contributed by atoms with Crippen LogP contribution in [0.1, 0.15) is 30.9 Å². The highest BCUT2D eigenvalue weighted by Gasteiger charge is 2.34. The molecule has 17 heavy (non-hydrogen) atoms. The first-order valence-corrected chi connectivity index (χ1v) is 5.07. The van der Waals surface area contributed by atoms with Gasteiger partial charge in [0.25, 0.3) is 5.69 Å². The van der Waals surface area contributed by atoms with Crippen LogP contribution in [0.4, 0.5) is 18.9 Å². The third-order valence-corrected chi connectivity index (χ3v) is 2.52. The maximum absolute atomic E-state index is 12.5. The van der Waals surface area contributed by atoms with Gasteiger partial charge in [0, 0.05) is 6.07 Å². The lowest BCUT2D eigenvalue weighted by atomic mass is 9.99. The Morgan fingerprint density at radius 1 is 1.35 bits per heavy atom. The van der Waals surface area contributed by atoms with E-state index in [2.05, 4.69) is 0 Å². The Balaban J connectivity index is 3.53. The van der Waals surface area contributed by atoms with E-state index < -0.39 is 22.4 Å². The van der Waals surface area contributed by atoms with Crippen LogP contribution in [0.5, 0.6) is 0 Å². The van der Waals surface area contributed by atoms with Crippen LogP contribution in [0.2, 0.25) is 5.02 Å². The van der Waals surface area contributed by atoms with Crippen LogP contribution >= 0.6 is 11.6 Å². The Morgan fingerprint density at radius 2 is 1.88 bits per heavy atom. The number of hydrogen-bond donors (Lipinski definition) is 0. The summed E-state index contributed by atoms with van der Waals surface area (Å²) in [6.45, 7) is 3.25. The van der Waals surface area contributed by atoms with E-state index >= 15 is 0 Å². The topological polar surface area (TPSA) is 43.1 Å². The standard InChI is InChI=1S/C10H9ClF3NO2/c1-5(2)9-7(11)3-6(10(12,13)14)4-8(9)15(16)17/h3-5H,1-2H3. The second-order valence-electron chi connectivity index (χ2n) is 3.80. The van der Waals surface area contributed by atoms with Crippen molar-refractivity contribution in [3.63, 3.8) is 0 Å². The summed E-state index contributed by atoms with van der Waals surface area (Å²) in [5.74, 6) is -0.329. The van der Waals surface area contributed by atoms with E-state index in [0.29, 0.717) is 12.1 Å². The SMILES string of the molecule is CC(C)c1c(Cl)cc(C(F)(F)F)cc1[N+](=O)[O-]. The molecule has 0 bridgehead atoms. The molecule has 0 radical (unpaired) electrons. The van der Waals surface area contributed by atoms with Gasteiger partial charge in [0.2, 0.25) is 0 Å². The van der Waals surface area contributed by atoms with Gasteiger partial charge in [-0.15, -0.1) is 0 Å². The minimum absolute atomic E-state index is 0.115. The predicted molar refractivity (Wildman–Crippen MR) is 57.2 cm³/mol. The molecule has 3 nitrogen and oxygen atoms in total. The highest BCUT2D eigenvalue weighted by atomic mass is 35.5. The molecule has 0 atom stereocenters. The summed E-state index contributed by atoms with van der Waals surface area (Å²) in [5.41, 5.74) is -1.59. The number of nitro benzene ring substituents is 1. The molecule has 0 aliphatic heterocycles.